The molecule has 1 N–H and O–H groups in total. The monoisotopic (exact) mass is 653 g/mol. The van der Waals surface area contributed by atoms with Crippen LogP contribution in [0.25, 0.3) is 57.5 Å². The number of hydrogen-bond donors (Lipinski definition) is 1. The molecule has 0 saturated heterocycles. The zero-order valence-electron chi connectivity index (χ0n) is 17.7. The van der Waals surface area contributed by atoms with Crippen molar-refractivity contribution >= 4 is 46.4 Å². The first-order chi connectivity index (χ1) is 16.5. The first-order valence-electron chi connectivity index (χ1n) is 10.4. The minimum atomic E-state index is -1.40. The number of H-pyrrole nitrogens is 1. The molecule has 4 aromatic rings. The van der Waals surface area contributed by atoms with Crippen LogP contribution in [0.15, 0.2) is 54.6 Å². The van der Waals surface area contributed by atoms with Crippen LogP contribution < -0.4 is 0 Å². The number of fused-ring (bicyclic) bond motifs is 8. The predicted molar refractivity (Wildman–Crippen MR) is 124 cm³/mol. The molecule has 6 rings (SSSR count). The molecule has 3 aromatic heterocycles. The van der Waals surface area contributed by atoms with Crippen LogP contribution in [0.2, 0.25) is 0 Å². The molecule has 0 unspecified atom stereocenters. The first-order valence-corrected chi connectivity index (χ1v) is 10.4. The first kappa shape index (κ1) is 23.0. The van der Waals surface area contributed by atoms with E-state index in [9.17, 15) is 4.39 Å². The summed E-state index contributed by atoms with van der Waals surface area (Å²) in [6, 6.07) is 13.8. The molecule has 5 heterocycles. The SMILES string of the molecule is Fc1cc2cc3nc(cc4nc(cc5c(-c6ccccc6)c(F)c(c(F)c1[nH]2)n5F)C=C4)C=C3.[Pt]. The van der Waals surface area contributed by atoms with Gasteiger partial charge < -0.3 is 4.98 Å². The van der Waals surface area contributed by atoms with E-state index in [4.69, 9.17) is 0 Å². The van der Waals surface area contributed by atoms with Gasteiger partial charge in [-0.2, -0.15) is 4.79 Å². The molecule has 2 aliphatic rings. The second kappa shape index (κ2) is 8.78. The Hall–Kier alpha value is -3.77. The standard InChI is InChI=1S/C26H14F4N4.Pt/c27-20-12-19-11-17-7-6-15(31-17)10-16-8-9-18(32-16)13-21-22(14-4-2-1-3-5-14)23(28)26(34(21)30)24(29)25(20)33-19;/h1-13,33H;. The number of nitrogens with one attached hydrogen (secondary N) is 1. The van der Waals surface area contributed by atoms with E-state index in [-0.39, 0.29) is 42.5 Å². The van der Waals surface area contributed by atoms with E-state index in [2.05, 4.69) is 15.0 Å². The Morgan fingerprint density at radius 1 is 0.714 bits per heavy atom. The van der Waals surface area contributed by atoms with Crippen LogP contribution >= 0.6 is 0 Å². The van der Waals surface area contributed by atoms with Gasteiger partial charge in [0.05, 0.1) is 28.3 Å². The fourth-order valence-corrected chi connectivity index (χ4v) is 4.09. The van der Waals surface area contributed by atoms with Crippen molar-refractivity contribution in [3.05, 3.63) is 94.8 Å². The Morgan fingerprint density at radius 2 is 1.31 bits per heavy atom. The maximum Gasteiger partial charge on any atom is 0.179 e. The second-order valence-corrected chi connectivity index (χ2v) is 7.85. The summed E-state index contributed by atoms with van der Waals surface area (Å²) >= 11 is 0. The van der Waals surface area contributed by atoms with Gasteiger partial charge in [0.2, 0.25) is 0 Å². The van der Waals surface area contributed by atoms with Gasteiger partial charge in [0.25, 0.3) is 0 Å². The fourth-order valence-electron chi connectivity index (χ4n) is 4.09. The molecule has 4 nitrogen and oxygen atoms in total. The summed E-state index contributed by atoms with van der Waals surface area (Å²) in [7, 11) is 0. The maximum absolute atomic E-state index is 15.6. The Bertz CT molecular complexity index is 1700. The van der Waals surface area contributed by atoms with Crippen molar-refractivity contribution in [2.24, 2.45) is 0 Å². The van der Waals surface area contributed by atoms with Gasteiger partial charge in [0.1, 0.15) is 11.0 Å². The van der Waals surface area contributed by atoms with Crippen LogP contribution in [0.1, 0.15) is 22.8 Å². The van der Waals surface area contributed by atoms with Gasteiger partial charge in [-0.15, -0.1) is 0 Å². The van der Waals surface area contributed by atoms with Gasteiger partial charge in [0.15, 0.2) is 17.5 Å². The van der Waals surface area contributed by atoms with Crippen molar-refractivity contribution in [2.75, 3.05) is 0 Å². The molecule has 8 bridgehead atoms. The van der Waals surface area contributed by atoms with Crippen LogP contribution in [0.4, 0.5) is 17.7 Å². The molecule has 0 fully saturated rings. The molecule has 2 aliphatic heterocycles. The van der Waals surface area contributed by atoms with Crippen molar-refractivity contribution in [2.45, 2.75) is 0 Å². The Labute approximate surface area is 210 Å². The molecule has 0 amide bonds. The van der Waals surface area contributed by atoms with Crippen LogP contribution in [-0.4, -0.2) is 19.7 Å². The van der Waals surface area contributed by atoms with Crippen molar-refractivity contribution in [1.82, 2.24) is 19.7 Å². The van der Waals surface area contributed by atoms with E-state index in [1.165, 1.54) is 12.1 Å². The Morgan fingerprint density at radius 3 is 1.97 bits per heavy atom. The third-order valence-electron chi connectivity index (χ3n) is 5.62. The van der Waals surface area contributed by atoms with Crippen molar-refractivity contribution < 1.29 is 38.7 Å². The zero-order chi connectivity index (χ0) is 23.4. The molecule has 35 heavy (non-hydrogen) atoms. The summed E-state index contributed by atoms with van der Waals surface area (Å²) in [6.45, 7) is 0. The number of rotatable bonds is 1. The Balaban J connectivity index is 0.00000253. The van der Waals surface area contributed by atoms with E-state index >= 15 is 13.3 Å². The van der Waals surface area contributed by atoms with Crippen molar-refractivity contribution in [3.63, 3.8) is 0 Å². The second-order valence-electron chi connectivity index (χ2n) is 7.85. The smallest absolute Gasteiger partial charge is 0.179 e. The van der Waals surface area contributed by atoms with E-state index in [1.807, 2.05) is 0 Å². The van der Waals surface area contributed by atoms with E-state index in [1.54, 1.807) is 60.7 Å². The van der Waals surface area contributed by atoms with Crippen LogP contribution in [0.5, 0.6) is 0 Å². The quantitative estimate of drug-likeness (QED) is 0.196. The minimum Gasteiger partial charge on any atom is -0.351 e. The molecule has 0 aliphatic carbocycles. The van der Waals surface area contributed by atoms with Gasteiger partial charge >= 0.3 is 0 Å². The minimum absolute atomic E-state index is 0. The normalized spacial score (nSPS) is 12.1. The van der Waals surface area contributed by atoms with Crippen molar-refractivity contribution in [1.29, 1.82) is 0 Å². The molecule has 0 spiro atoms. The van der Waals surface area contributed by atoms with Crippen molar-refractivity contribution in [3.8, 4) is 11.1 Å². The van der Waals surface area contributed by atoms with Gasteiger partial charge in [-0.3, -0.25) is 0 Å². The molecular formula is C26H14F4N4Pt. The third-order valence-corrected chi connectivity index (χ3v) is 5.62. The predicted octanol–water partition coefficient (Wildman–Crippen LogP) is 6.94. The van der Waals surface area contributed by atoms with E-state index in [0.717, 1.165) is 6.07 Å². The summed E-state index contributed by atoms with van der Waals surface area (Å²) in [5.41, 5.74) is 0.452. The summed E-state index contributed by atoms with van der Waals surface area (Å²) in [6.07, 6.45) is 6.82. The number of benzene rings is 1. The average Bonchev–Trinajstić information content (AvgIpc) is 3.58. The van der Waals surface area contributed by atoms with E-state index < -0.39 is 28.5 Å². The summed E-state index contributed by atoms with van der Waals surface area (Å²) in [4.78, 5) is 11.3. The summed E-state index contributed by atoms with van der Waals surface area (Å²) in [5.74, 6) is -3.54. The number of halogens is 4. The molecule has 9 heteroatoms. The molecule has 176 valence electrons. The topological polar surface area (TPSA) is 46.5 Å². The average molecular weight is 653 g/mol. The van der Waals surface area contributed by atoms with Gasteiger partial charge in [-0.05, 0) is 54.1 Å². The van der Waals surface area contributed by atoms with Gasteiger partial charge in [-0.1, -0.05) is 34.8 Å². The molecule has 1 aromatic carbocycles. The number of aromatic nitrogens is 4. The van der Waals surface area contributed by atoms with E-state index in [0.29, 0.717) is 28.3 Å². The number of aromatic amines is 1. The van der Waals surface area contributed by atoms with Gasteiger partial charge in [-0.25, -0.2) is 23.1 Å². The molecular weight excluding hydrogens is 639 g/mol. The molecule has 0 radical (unpaired) electrons. The summed E-state index contributed by atoms with van der Waals surface area (Å²) in [5, 5.41) is 0. The van der Waals surface area contributed by atoms with Crippen LogP contribution in [0, 0.1) is 17.5 Å². The van der Waals surface area contributed by atoms with Gasteiger partial charge in [0, 0.05) is 32.1 Å². The maximum atomic E-state index is 15.6. The number of hydrogen-bond acceptors (Lipinski definition) is 2. The third kappa shape index (κ3) is 3.94. The zero-order valence-corrected chi connectivity index (χ0v) is 19.9. The molecule has 0 saturated carbocycles. The number of nitrogens with zero attached hydrogens (tertiary/aromatic N) is 3. The van der Waals surface area contributed by atoms with Crippen LogP contribution in [-0.2, 0) is 21.1 Å². The fraction of sp³-hybridized carbons (Fsp3) is 0. The summed E-state index contributed by atoms with van der Waals surface area (Å²) < 4.78 is 61.3. The molecule has 0 atom stereocenters. The Kier molecular flexibility index (Phi) is 5.77. The largest absolute Gasteiger partial charge is 0.351 e. The van der Waals surface area contributed by atoms with Crippen LogP contribution in [0.3, 0.4) is 0 Å².